The van der Waals surface area contributed by atoms with Gasteiger partial charge in [-0.15, -0.1) is 6.58 Å². The molecule has 1 atom stereocenters. The van der Waals surface area contributed by atoms with Gasteiger partial charge >= 0.3 is 0 Å². The topological polar surface area (TPSA) is 15.3 Å². The zero-order valence-electron chi connectivity index (χ0n) is 11.2. The van der Waals surface area contributed by atoms with Crippen molar-refractivity contribution in [3.8, 4) is 0 Å². The molecule has 0 aromatic heterocycles. The number of hydrogen-bond donors (Lipinski definition) is 1. The highest BCUT2D eigenvalue weighted by molar-refractivity contribution is 4.92. The van der Waals surface area contributed by atoms with Crippen LogP contribution in [0.4, 0.5) is 0 Å². The molecule has 0 spiro atoms. The van der Waals surface area contributed by atoms with Gasteiger partial charge in [0.05, 0.1) is 0 Å². The molecule has 1 unspecified atom stereocenters. The lowest BCUT2D eigenvalue weighted by atomic mass is 10.1. The van der Waals surface area contributed by atoms with Crippen molar-refractivity contribution in [3.05, 3.63) is 12.7 Å². The van der Waals surface area contributed by atoms with Crippen LogP contribution >= 0.6 is 0 Å². The van der Waals surface area contributed by atoms with E-state index in [0.717, 1.165) is 31.6 Å². The Morgan fingerprint density at radius 2 is 2.06 bits per heavy atom. The standard InChI is InChI=1S/C14H28N2/c1-5-9-16(14-7-8-14)13(6-2)11-15-10-12(3)4/h5,12-15H,1,6-11H2,2-4H3. The molecular formula is C14H28N2. The predicted molar refractivity (Wildman–Crippen MR) is 71.7 cm³/mol. The largest absolute Gasteiger partial charge is 0.315 e. The first kappa shape index (κ1) is 13.7. The molecule has 94 valence electrons. The molecule has 0 aliphatic heterocycles. The normalized spacial score (nSPS) is 18.1. The number of hydrogen-bond acceptors (Lipinski definition) is 2. The van der Waals surface area contributed by atoms with Crippen molar-refractivity contribution in [3.63, 3.8) is 0 Å². The van der Waals surface area contributed by atoms with Crippen LogP contribution in [-0.4, -0.2) is 36.6 Å². The second-order valence-corrected chi connectivity index (χ2v) is 5.33. The summed E-state index contributed by atoms with van der Waals surface area (Å²) in [6.45, 7) is 14.0. The van der Waals surface area contributed by atoms with E-state index in [9.17, 15) is 0 Å². The molecule has 1 aliphatic carbocycles. The van der Waals surface area contributed by atoms with Crippen molar-refractivity contribution < 1.29 is 0 Å². The molecule has 0 aromatic rings. The Hall–Kier alpha value is -0.340. The molecular weight excluding hydrogens is 196 g/mol. The van der Waals surface area contributed by atoms with Gasteiger partial charge in [-0.05, 0) is 31.7 Å². The van der Waals surface area contributed by atoms with Gasteiger partial charge in [0.25, 0.3) is 0 Å². The van der Waals surface area contributed by atoms with Crippen molar-refractivity contribution in [1.29, 1.82) is 0 Å². The van der Waals surface area contributed by atoms with Crippen LogP contribution in [0.3, 0.4) is 0 Å². The quantitative estimate of drug-likeness (QED) is 0.606. The summed E-state index contributed by atoms with van der Waals surface area (Å²) in [4.78, 5) is 2.63. The van der Waals surface area contributed by atoms with Crippen LogP contribution < -0.4 is 5.32 Å². The smallest absolute Gasteiger partial charge is 0.0224 e. The van der Waals surface area contributed by atoms with Crippen molar-refractivity contribution in [2.24, 2.45) is 5.92 Å². The molecule has 2 nitrogen and oxygen atoms in total. The van der Waals surface area contributed by atoms with Crippen LogP contribution in [0.5, 0.6) is 0 Å². The number of nitrogens with one attached hydrogen (secondary N) is 1. The van der Waals surface area contributed by atoms with Crippen molar-refractivity contribution in [2.75, 3.05) is 19.6 Å². The molecule has 0 saturated heterocycles. The minimum atomic E-state index is 0.684. The molecule has 16 heavy (non-hydrogen) atoms. The Kier molecular flexibility index (Phi) is 6.07. The zero-order valence-corrected chi connectivity index (χ0v) is 11.2. The summed E-state index contributed by atoms with van der Waals surface area (Å²) < 4.78 is 0. The molecule has 0 amide bonds. The minimum Gasteiger partial charge on any atom is -0.315 e. The Bertz CT molecular complexity index is 197. The Morgan fingerprint density at radius 1 is 1.38 bits per heavy atom. The first-order valence-electron chi connectivity index (χ1n) is 6.76. The average Bonchev–Trinajstić information content (AvgIpc) is 3.05. The Balaban J connectivity index is 2.33. The molecule has 1 saturated carbocycles. The van der Waals surface area contributed by atoms with Crippen LogP contribution in [-0.2, 0) is 0 Å². The molecule has 0 heterocycles. The SMILES string of the molecule is C=CCN(C1CC1)C(CC)CNCC(C)C. The van der Waals surface area contributed by atoms with E-state index in [-0.39, 0.29) is 0 Å². The highest BCUT2D eigenvalue weighted by atomic mass is 15.2. The first-order valence-corrected chi connectivity index (χ1v) is 6.76. The van der Waals surface area contributed by atoms with E-state index < -0.39 is 0 Å². The summed E-state index contributed by atoms with van der Waals surface area (Å²) in [5.74, 6) is 0.742. The van der Waals surface area contributed by atoms with E-state index in [2.05, 4.69) is 37.6 Å². The number of rotatable bonds is 9. The first-order chi connectivity index (χ1) is 7.69. The highest BCUT2D eigenvalue weighted by Crippen LogP contribution is 2.29. The van der Waals surface area contributed by atoms with Gasteiger partial charge in [0, 0.05) is 25.2 Å². The summed E-state index contributed by atoms with van der Waals surface area (Å²) in [6.07, 6.45) is 6.04. The van der Waals surface area contributed by atoms with Gasteiger partial charge in [-0.1, -0.05) is 26.8 Å². The van der Waals surface area contributed by atoms with Crippen LogP contribution in [0.2, 0.25) is 0 Å². The fourth-order valence-electron chi connectivity index (χ4n) is 2.19. The second-order valence-electron chi connectivity index (χ2n) is 5.33. The molecule has 1 rings (SSSR count). The molecule has 1 aliphatic rings. The summed E-state index contributed by atoms with van der Waals surface area (Å²) in [5.41, 5.74) is 0. The molecule has 0 radical (unpaired) electrons. The van der Waals surface area contributed by atoms with E-state index >= 15 is 0 Å². The third kappa shape index (κ3) is 4.67. The van der Waals surface area contributed by atoms with Crippen molar-refractivity contribution in [2.45, 2.75) is 52.1 Å². The monoisotopic (exact) mass is 224 g/mol. The van der Waals surface area contributed by atoms with E-state index in [1.807, 2.05) is 6.08 Å². The van der Waals surface area contributed by atoms with E-state index in [0.29, 0.717) is 6.04 Å². The van der Waals surface area contributed by atoms with Crippen LogP contribution in [0.15, 0.2) is 12.7 Å². The summed E-state index contributed by atoms with van der Waals surface area (Å²) >= 11 is 0. The lowest BCUT2D eigenvalue weighted by molar-refractivity contribution is 0.195. The Morgan fingerprint density at radius 3 is 2.50 bits per heavy atom. The third-order valence-electron chi connectivity index (χ3n) is 3.23. The van der Waals surface area contributed by atoms with Gasteiger partial charge in [0.15, 0.2) is 0 Å². The molecule has 0 aromatic carbocycles. The van der Waals surface area contributed by atoms with Gasteiger partial charge in [-0.2, -0.15) is 0 Å². The lowest BCUT2D eigenvalue weighted by Crippen LogP contribution is -2.44. The van der Waals surface area contributed by atoms with Crippen LogP contribution in [0, 0.1) is 5.92 Å². The van der Waals surface area contributed by atoms with Crippen molar-refractivity contribution >= 4 is 0 Å². The third-order valence-corrected chi connectivity index (χ3v) is 3.23. The fourth-order valence-corrected chi connectivity index (χ4v) is 2.19. The van der Waals surface area contributed by atoms with Gasteiger partial charge in [0.1, 0.15) is 0 Å². The van der Waals surface area contributed by atoms with Crippen molar-refractivity contribution in [1.82, 2.24) is 10.2 Å². The molecule has 2 heteroatoms. The van der Waals surface area contributed by atoms with Gasteiger partial charge in [-0.25, -0.2) is 0 Å². The lowest BCUT2D eigenvalue weighted by Gasteiger charge is -2.30. The maximum atomic E-state index is 3.87. The van der Waals surface area contributed by atoms with Crippen LogP contribution in [0.25, 0.3) is 0 Å². The average molecular weight is 224 g/mol. The second kappa shape index (κ2) is 7.08. The summed E-state index contributed by atoms with van der Waals surface area (Å²) in [6, 6.07) is 1.52. The van der Waals surface area contributed by atoms with Gasteiger partial charge in [-0.3, -0.25) is 4.90 Å². The molecule has 1 N–H and O–H groups in total. The number of nitrogens with zero attached hydrogens (tertiary/aromatic N) is 1. The van der Waals surface area contributed by atoms with Crippen LogP contribution in [0.1, 0.15) is 40.0 Å². The minimum absolute atomic E-state index is 0.684. The molecule has 1 fully saturated rings. The maximum absolute atomic E-state index is 3.87. The predicted octanol–water partition coefficient (Wildman–Crippen LogP) is 2.66. The van der Waals surface area contributed by atoms with E-state index in [4.69, 9.17) is 0 Å². The summed E-state index contributed by atoms with van der Waals surface area (Å²) in [7, 11) is 0. The maximum Gasteiger partial charge on any atom is 0.0224 e. The van der Waals surface area contributed by atoms with E-state index in [1.54, 1.807) is 0 Å². The van der Waals surface area contributed by atoms with Gasteiger partial charge in [0.2, 0.25) is 0 Å². The Labute approximate surface area is 101 Å². The fraction of sp³-hybridized carbons (Fsp3) is 0.857. The van der Waals surface area contributed by atoms with Gasteiger partial charge < -0.3 is 5.32 Å². The summed E-state index contributed by atoms with van der Waals surface area (Å²) in [5, 5.41) is 3.58. The zero-order chi connectivity index (χ0) is 12.0. The highest BCUT2D eigenvalue weighted by Gasteiger charge is 2.32. The van der Waals surface area contributed by atoms with E-state index in [1.165, 1.54) is 19.3 Å². The molecule has 0 bridgehead atoms.